The number of primary amides is 1. The highest BCUT2D eigenvalue weighted by atomic mass is 19.3. The number of hydrogen-bond donors (Lipinski definition) is 3. The molecule has 1 fully saturated rings. The van der Waals surface area contributed by atoms with Gasteiger partial charge in [0.1, 0.15) is 17.8 Å². The minimum atomic E-state index is -2.99. The molecular weight excluding hydrogens is 414 g/mol. The van der Waals surface area contributed by atoms with Crippen molar-refractivity contribution in [3.63, 3.8) is 0 Å². The van der Waals surface area contributed by atoms with Crippen molar-refractivity contribution >= 4 is 29.4 Å². The van der Waals surface area contributed by atoms with E-state index in [0.29, 0.717) is 11.3 Å². The van der Waals surface area contributed by atoms with Crippen LogP contribution in [0.25, 0.3) is 0 Å². The number of hydrogen-bond acceptors (Lipinski definition) is 5. The van der Waals surface area contributed by atoms with Gasteiger partial charge in [0, 0.05) is 11.3 Å². The number of benzene rings is 2. The first-order chi connectivity index (χ1) is 14.6. The Bertz CT molecular complexity index is 1030. The Balaban J connectivity index is 1.69. The summed E-state index contributed by atoms with van der Waals surface area (Å²) in [5, 5.41) is 5.03. The van der Waals surface area contributed by atoms with Crippen LogP contribution in [0.3, 0.4) is 0 Å². The lowest BCUT2D eigenvalue weighted by atomic mass is 9.92. The number of nitrogens with one attached hydrogen (secondary N) is 2. The third-order valence-electron chi connectivity index (χ3n) is 4.69. The molecule has 5 amide bonds. The minimum Gasteiger partial charge on any atom is -0.435 e. The number of urea groups is 1. The fraction of sp³-hybridized carbons (Fsp3) is 0.200. The second kappa shape index (κ2) is 8.38. The Labute approximate surface area is 175 Å². The van der Waals surface area contributed by atoms with Crippen molar-refractivity contribution in [2.24, 2.45) is 5.73 Å². The topological polar surface area (TPSA) is 131 Å². The molecule has 1 saturated heterocycles. The number of alkyl halides is 2. The molecule has 4 N–H and O–H groups in total. The second-order valence-corrected chi connectivity index (χ2v) is 6.84. The summed E-state index contributed by atoms with van der Waals surface area (Å²) in [6.07, 6.45) is 0. The molecule has 0 unspecified atom stereocenters. The number of imide groups is 1. The monoisotopic (exact) mass is 432 g/mol. The molecule has 0 aromatic heterocycles. The molecule has 31 heavy (non-hydrogen) atoms. The Morgan fingerprint density at radius 3 is 2.29 bits per heavy atom. The predicted molar refractivity (Wildman–Crippen MR) is 104 cm³/mol. The zero-order chi connectivity index (χ0) is 22.8. The molecule has 0 aliphatic carbocycles. The van der Waals surface area contributed by atoms with Gasteiger partial charge in [-0.1, -0.05) is 12.1 Å². The van der Waals surface area contributed by atoms with Crippen LogP contribution in [0.1, 0.15) is 22.8 Å². The van der Waals surface area contributed by atoms with Crippen LogP contribution in [0.2, 0.25) is 0 Å². The van der Waals surface area contributed by atoms with E-state index in [2.05, 4.69) is 15.4 Å². The molecule has 0 spiro atoms. The van der Waals surface area contributed by atoms with Gasteiger partial charge in [-0.05, 0) is 48.9 Å². The summed E-state index contributed by atoms with van der Waals surface area (Å²) in [4.78, 5) is 49.3. The van der Waals surface area contributed by atoms with Gasteiger partial charge in [0.15, 0.2) is 0 Å². The van der Waals surface area contributed by atoms with Crippen LogP contribution < -0.4 is 21.1 Å². The molecule has 2 aromatic rings. The van der Waals surface area contributed by atoms with E-state index in [1.54, 1.807) is 0 Å². The van der Waals surface area contributed by atoms with E-state index >= 15 is 0 Å². The van der Waals surface area contributed by atoms with Crippen molar-refractivity contribution < 1.29 is 32.7 Å². The summed E-state index contributed by atoms with van der Waals surface area (Å²) >= 11 is 0. The normalized spacial score (nSPS) is 18.1. The zero-order valence-electron chi connectivity index (χ0n) is 16.2. The van der Waals surface area contributed by atoms with Gasteiger partial charge in [0.25, 0.3) is 5.91 Å². The summed E-state index contributed by atoms with van der Waals surface area (Å²) in [5.41, 5.74) is 4.60. The summed E-state index contributed by atoms with van der Waals surface area (Å²) in [6, 6.07) is 10.2. The SMILES string of the molecule is C[C@]1(c2ccc(OC(F)F)cc2)NC(=O)N(CC(=O)Nc2ccc(C(N)=O)cc2)C1=O. The molecule has 0 bridgehead atoms. The molecule has 0 saturated carbocycles. The lowest BCUT2D eigenvalue weighted by Crippen LogP contribution is -2.42. The Morgan fingerprint density at radius 1 is 1.13 bits per heavy atom. The Hall–Kier alpha value is -4.02. The molecular formula is C20H18F2N4O5. The number of halogens is 2. The van der Waals surface area contributed by atoms with Gasteiger partial charge < -0.3 is 21.1 Å². The van der Waals surface area contributed by atoms with Gasteiger partial charge in [-0.2, -0.15) is 8.78 Å². The second-order valence-electron chi connectivity index (χ2n) is 6.84. The van der Waals surface area contributed by atoms with E-state index < -0.39 is 42.4 Å². The van der Waals surface area contributed by atoms with Gasteiger partial charge in [0.05, 0.1) is 0 Å². The number of carbonyl (C=O) groups excluding carboxylic acids is 4. The van der Waals surface area contributed by atoms with Crippen LogP contribution in [0.5, 0.6) is 5.75 Å². The largest absolute Gasteiger partial charge is 0.435 e. The van der Waals surface area contributed by atoms with E-state index in [1.807, 2.05) is 0 Å². The number of ether oxygens (including phenoxy) is 1. The minimum absolute atomic E-state index is 0.0993. The third kappa shape index (κ3) is 4.60. The van der Waals surface area contributed by atoms with E-state index in [-0.39, 0.29) is 11.3 Å². The third-order valence-corrected chi connectivity index (χ3v) is 4.69. The van der Waals surface area contributed by atoms with Crippen molar-refractivity contribution in [3.8, 4) is 5.75 Å². The summed E-state index contributed by atoms with van der Waals surface area (Å²) in [7, 11) is 0. The zero-order valence-corrected chi connectivity index (χ0v) is 16.2. The van der Waals surface area contributed by atoms with Crippen LogP contribution >= 0.6 is 0 Å². The molecule has 1 aliphatic heterocycles. The molecule has 2 aromatic carbocycles. The molecule has 11 heteroatoms. The van der Waals surface area contributed by atoms with Crippen LogP contribution in [-0.2, 0) is 15.1 Å². The molecule has 1 atom stereocenters. The number of nitrogens with zero attached hydrogens (tertiary/aromatic N) is 1. The first-order valence-electron chi connectivity index (χ1n) is 8.99. The lowest BCUT2D eigenvalue weighted by Gasteiger charge is -2.22. The van der Waals surface area contributed by atoms with Gasteiger partial charge >= 0.3 is 12.6 Å². The first-order valence-corrected chi connectivity index (χ1v) is 8.99. The van der Waals surface area contributed by atoms with Gasteiger partial charge in [0.2, 0.25) is 11.8 Å². The Morgan fingerprint density at radius 2 is 1.74 bits per heavy atom. The fourth-order valence-electron chi connectivity index (χ4n) is 3.07. The summed E-state index contributed by atoms with van der Waals surface area (Å²) in [5.74, 6) is -2.04. The van der Waals surface area contributed by atoms with E-state index in [9.17, 15) is 28.0 Å². The molecule has 0 radical (unpaired) electrons. The summed E-state index contributed by atoms with van der Waals surface area (Å²) < 4.78 is 28.9. The van der Waals surface area contributed by atoms with E-state index in [4.69, 9.17) is 5.73 Å². The van der Waals surface area contributed by atoms with E-state index in [1.165, 1.54) is 55.5 Å². The predicted octanol–water partition coefficient (Wildman–Crippen LogP) is 1.79. The van der Waals surface area contributed by atoms with E-state index in [0.717, 1.165) is 4.90 Å². The number of anilines is 1. The van der Waals surface area contributed by atoms with Gasteiger partial charge in [-0.3, -0.25) is 19.3 Å². The fourth-order valence-corrected chi connectivity index (χ4v) is 3.07. The van der Waals surface area contributed by atoms with Gasteiger partial charge in [-0.15, -0.1) is 0 Å². The van der Waals surface area contributed by atoms with Crippen LogP contribution in [0.4, 0.5) is 19.3 Å². The van der Waals surface area contributed by atoms with Crippen LogP contribution in [0.15, 0.2) is 48.5 Å². The number of rotatable bonds is 7. The quantitative estimate of drug-likeness (QED) is 0.574. The summed E-state index contributed by atoms with van der Waals surface area (Å²) in [6.45, 7) is -2.10. The van der Waals surface area contributed by atoms with Crippen molar-refractivity contribution in [2.45, 2.75) is 19.1 Å². The number of nitrogens with two attached hydrogens (primary N) is 1. The highest BCUT2D eigenvalue weighted by molar-refractivity contribution is 6.10. The smallest absolute Gasteiger partial charge is 0.387 e. The molecule has 1 heterocycles. The maximum atomic E-state index is 12.9. The standard InChI is InChI=1S/C20H18F2N4O5/c1-20(12-4-8-14(9-5-12)31-18(21)22)17(29)26(19(30)25-20)10-15(27)24-13-6-2-11(3-7-13)16(23)28/h2-9,18H,10H2,1H3,(H2,23,28)(H,24,27)(H,25,30)/t20-/m1/s1. The van der Waals surface area contributed by atoms with Crippen molar-refractivity contribution in [1.29, 1.82) is 0 Å². The number of carbonyl (C=O) groups is 4. The van der Waals surface area contributed by atoms with Crippen molar-refractivity contribution in [2.75, 3.05) is 11.9 Å². The van der Waals surface area contributed by atoms with Crippen LogP contribution in [0, 0.1) is 0 Å². The molecule has 3 rings (SSSR count). The average molecular weight is 432 g/mol. The lowest BCUT2D eigenvalue weighted by molar-refractivity contribution is -0.133. The average Bonchev–Trinajstić information content (AvgIpc) is 2.92. The van der Waals surface area contributed by atoms with Crippen molar-refractivity contribution in [3.05, 3.63) is 59.7 Å². The maximum absolute atomic E-state index is 12.9. The highest BCUT2D eigenvalue weighted by Crippen LogP contribution is 2.30. The maximum Gasteiger partial charge on any atom is 0.387 e. The molecule has 9 nitrogen and oxygen atoms in total. The van der Waals surface area contributed by atoms with Crippen molar-refractivity contribution in [1.82, 2.24) is 10.2 Å². The Kier molecular flexibility index (Phi) is 5.86. The number of amides is 5. The first kappa shape index (κ1) is 21.7. The molecule has 1 aliphatic rings. The van der Waals surface area contributed by atoms with Gasteiger partial charge in [-0.25, -0.2) is 4.79 Å². The highest BCUT2D eigenvalue weighted by Gasteiger charge is 2.49. The molecule has 162 valence electrons. The van der Waals surface area contributed by atoms with Crippen LogP contribution in [-0.4, -0.2) is 41.8 Å².